The standard InChI is InChI=1S/C23H27FN4OS/c1-27(16-23(29)28-12-4-9-21(28)22-10-5-13-30-22)11-3-8-19-15-20(26-25-19)17-6-2-7-18(24)14-17/h2,5-7,10,13-15,21H,3-4,8-9,11-12,16H2,1H3,(H,25,26). The van der Waals surface area contributed by atoms with Crippen molar-refractivity contribution in [1.82, 2.24) is 20.0 Å². The first-order valence-corrected chi connectivity index (χ1v) is 11.3. The average molecular weight is 427 g/mol. The monoisotopic (exact) mass is 426 g/mol. The van der Waals surface area contributed by atoms with Gasteiger partial charge in [0, 0.05) is 22.7 Å². The Balaban J connectivity index is 1.24. The van der Waals surface area contributed by atoms with E-state index in [2.05, 4.69) is 32.6 Å². The first-order valence-electron chi connectivity index (χ1n) is 10.4. The number of thiophene rings is 1. The molecule has 1 saturated heterocycles. The van der Waals surface area contributed by atoms with Crippen LogP contribution in [-0.4, -0.2) is 52.6 Å². The molecule has 1 N–H and O–H groups in total. The number of aromatic amines is 1. The quantitative estimate of drug-likeness (QED) is 0.577. The molecule has 5 nitrogen and oxygen atoms in total. The van der Waals surface area contributed by atoms with Gasteiger partial charge in [0.05, 0.1) is 18.3 Å². The molecule has 1 aliphatic rings. The molecule has 0 saturated carbocycles. The molecule has 7 heteroatoms. The maximum atomic E-state index is 13.4. The number of carbonyl (C=O) groups is 1. The first kappa shape index (κ1) is 20.8. The minimum Gasteiger partial charge on any atom is -0.334 e. The number of aromatic nitrogens is 2. The van der Waals surface area contributed by atoms with Gasteiger partial charge < -0.3 is 4.90 Å². The molecule has 3 heterocycles. The zero-order chi connectivity index (χ0) is 20.9. The van der Waals surface area contributed by atoms with Crippen molar-refractivity contribution in [2.45, 2.75) is 31.7 Å². The van der Waals surface area contributed by atoms with Gasteiger partial charge in [0.2, 0.25) is 5.91 Å². The number of carbonyl (C=O) groups excluding carboxylic acids is 1. The third-order valence-electron chi connectivity index (χ3n) is 5.59. The molecule has 1 fully saturated rings. The Morgan fingerprint density at radius 1 is 1.33 bits per heavy atom. The highest BCUT2D eigenvalue weighted by Crippen LogP contribution is 2.34. The molecule has 4 rings (SSSR count). The lowest BCUT2D eigenvalue weighted by Gasteiger charge is -2.26. The molecule has 3 aromatic rings. The fourth-order valence-corrected chi connectivity index (χ4v) is 4.94. The highest BCUT2D eigenvalue weighted by Gasteiger charge is 2.30. The molecule has 0 bridgehead atoms. The van der Waals surface area contributed by atoms with Crippen LogP contribution in [0.15, 0.2) is 47.8 Å². The number of aryl methyl sites for hydroxylation is 1. The molecule has 30 heavy (non-hydrogen) atoms. The lowest BCUT2D eigenvalue weighted by atomic mass is 10.1. The topological polar surface area (TPSA) is 52.2 Å². The zero-order valence-corrected chi connectivity index (χ0v) is 18.0. The van der Waals surface area contributed by atoms with Crippen LogP contribution >= 0.6 is 11.3 Å². The molecule has 0 aliphatic carbocycles. The van der Waals surface area contributed by atoms with Crippen molar-refractivity contribution in [3.8, 4) is 11.3 Å². The second-order valence-corrected chi connectivity index (χ2v) is 8.87. The summed E-state index contributed by atoms with van der Waals surface area (Å²) in [7, 11) is 2.00. The smallest absolute Gasteiger partial charge is 0.237 e. The normalized spacial score (nSPS) is 16.5. The van der Waals surface area contributed by atoms with Crippen molar-refractivity contribution in [3.63, 3.8) is 0 Å². The van der Waals surface area contributed by atoms with Gasteiger partial charge in [0.25, 0.3) is 0 Å². The summed E-state index contributed by atoms with van der Waals surface area (Å²) in [6, 6.07) is 12.9. The maximum absolute atomic E-state index is 13.4. The Labute approximate surface area is 180 Å². The molecule has 2 aromatic heterocycles. The highest BCUT2D eigenvalue weighted by atomic mass is 32.1. The number of nitrogens with one attached hydrogen (secondary N) is 1. The third kappa shape index (κ3) is 4.96. The van der Waals surface area contributed by atoms with Crippen LogP contribution in [0.3, 0.4) is 0 Å². The fourth-order valence-electron chi connectivity index (χ4n) is 4.07. The van der Waals surface area contributed by atoms with E-state index in [9.17, 15) is 9.18 Å². The lowest BCUT2D eigenvalue weighted by Crippen LogP contribution is -2.38. The van der Waals surface area contributed by atoms with Crippen molar-refractivity contribution in [1.29, 1.82) is 0 Å². The van der Waals surface area contributed by atoms with E-state index >= 15 is 0 Å². The van der Waals surface area contributed by atoms with Gasteiger partial charge in [-0.1, -0.05) is 18.2 Å². The number of likely N-dealkylation sites (tertiary alicyclic amines) is 1. The molecule has 1 unspecified atom stereocenters. The summed E-state index contributed by atoms with van der Waals surface area (Å²) in [5.74, 6) is -0.0500. The Hall–Kier alpha value is -2.51. The Morgan fingerprint density at radius 3 is 3.03 bits per heavy atom. The van der Waals surface area contributed by atoms with E-state index in [4.69, 9.17) is 0 Å². The Kier molecular flexibility index (Phi) is 6.59. The number of benzene rings is 1. The molecule has 158 valence electrons. The van der Waals surface area contributed by atoms with Gasteiger partial charge in [-0.3, -0.25) is 14.8 Å². The Morgan fingerprint density at radius 2 is 2.23 bits per heavy atom. The maximum Gasteiger partial charge on any atom is 0.237 e. The predicted molar refractivity (Wildman–Crippen MR) is 118 cm³/mol. The summed E-state index contributed by atoms with van der Waals surface area (Å²) >= 11 is 1.74. The van der Waals surface area contributed by atoms with Gasteiger partial charge in [-0.15, -0.1) is 11.3 Å². The first-order chi connectivity index (χ1) is 14.6. The summed E-state index contributed by atoms with van der Waals surface area (Å²) in [5, 5.41) is 9.41. The third-order valence-corrected chi connectivity index (χ3v) is 6.56. The predicted octanol–water partition coefficient (Wildman–Crippen LogP) is 4.51. The van der Waals surface area contributed by atoms with Crippen LogP contribution in [0.2, 0.25) is 0 Å². The van der Waals surface area contributed by atoms with E-state index in [0.717, 1.165) is 55.7 Å². The molecule has 0 radical (unpaired) electrons. The molecular weight excluding hydrogens is 399 g/mol. The SMILES string of the molecule is CN(CCCc1cc(-c2cccc(F)c2)n[nH]1)CC(=O)N1CCCC1c1cccs1. The van der Waals surface area contributed by atoms with E-state index in [-0.39, 0.29) is 17.8 Å². The number of halogens is 1. The van der Waals surface area contributed by atoms with Crippen LogP contribution in [0.5, 0.6) is 0 Å². The van der Waals surface area contributed by atoms with E-state index in [1.807, 2.05) is 24.1 Å². The van der Waals surface area contributed by atoms with Gasteiger partial charge in [-0.2, -0.15) is 5.10 Å². The molecule has 0 spiro atoms. The van der Waals surface area contributed by atoms with Crippen molar-refractivity contribution in [2.75, 3.05) is 26.7 Å². The summed E-state index contributed by atoms with van der Waals surface area (Å²) < 4.78 is 13.4. The summed E-state index contributed by atoms with van der Waals surface area (Å²) in [5.41, 5.74) is 2.54. The van der Waals surface area contributed by atoms with Gasteiger partial charge >= 0.3 is 0 Å². The minimum atomic E-state index is -0.261. The van der Waals surface area contributed by atoms with Gasteiger partial charge in [-0.05, 0) is 68.9 Å². The van der Waals surface area contributed by atoms with Crippen LogP contribution in [0.25, 0.3) is 11.3 Å². The van der Waals surface area contributed by atoms with E-state index in [1.165, 1.54) is 17.0 Å². The van der Waals surface area contributed by atoms with Crippen LogP contribution in [0.1, 0.15) is 35.9 Å². The number of rotatable bonds is 8. The average Bonchev–Trinajstić information content (AvgIpc) is 3.48. The van der Waals surface area contributed by atoms with Crippen molar-refractivity contribution < 1.29 is 9.18 Å². The number of nitrogens with zero attached hydrogens (tertiary/aromatic N) is 3. The lowest BCUT2D eigenvalue weighted by molar-refractivity contribution is -0.133. The molecular formula is C23H27FN4OS. The Bertz CT molecular complexity index is 971. The van der Waals surface area contributed by atoms with Crippen LogP contribution in [-0.2, 0) is 11.2 Å². The molecule has 1 atom stereocenters. The van der Waals surface area contributed by atoms with Crippen molar-refractivity contribution in [2.24, 2.45) is 0 Å². The number of hydrogen-bond donors (Lipinski definition) is 1. The van der Waals surface area contributed by atoms with Gasteiger partial charge in [0.15, 0.2) is 0 Å². The van der Waals surface area contributed by atoms with E-state index in [1.54, 1.807) is 17.4 Å². The number of likely N-dealkylation sites (N-methyl/N-ethyl adjacent to an activating group) is 1. The van der Waals surface area contributed by atoms with E-state index < -0.39 is 0 Å². The van der Waals surface area contributed by atoms with Crippen LogP contribution in [0, 0.1) is 5.82 Å². The number of hydrogen-bond acceptors (Lipinski definition) is 4. The minimum absolute atomic E-state index is 0.211. The number of H-pyrrole nitrogens is 1. The molecule has 1 amide bonds. The molecule has 1 aliphatic heterocycles. The second-order valence-electron chi connectivity index (χ2n) is 7.89. The van der Waals surface area contributed by atoms with Crippen molar-refractivity contribution >= 4 is 17.2 Å². The molecule has 1 aromatic carbocycles. The summed E-state index contributed by atoms with van der Waals surface area (Å²) in [4.78, 5) is 18.3. The highest BCUT2D eigenvalue weighted by molar-refractivity contribution is 7.10. The van der Waals surface area contributed by atoms with Crippen LogP contribution in [0.4, 0.5) is 4.39 Å². The number of amides is 1. The summed E-state index contributed by atoms with van der Waals surface area (Å²) in [6.07, 6.45) is 3.89. The van der Waals surface area contributed by atoms with E-state index in [0.29, 0.717) is 6.54 Å². The summed E-state index contributed by atoms with van der Waals surface area (Å²) in [6.45, 7) is 2.13. The fraction of sp³-hybridized carbons (Fsp3) is 0.391. The largest absolute Gasteiger partial charge is 0.334 e. The van der Waals surface area contributed by atoms with Gasteiger partial charge in [-0.25, -0.2) is 4.39 Å². The van der Waals surface area contributed by atoms with Gasteiger partial charge in [0.1, 0.15) is 5.82 Å². The van der Waals surface area contributed by atoms with Crippen molar-refractivity contribution in [3.05, 3.63) is 64.2 Å². The zero-order valence-electron chi connectivity index (χ0n) is 17.2. The second kappa shape index (κ2) is 9.53. The van der Waals surface area contributed by atoms with Crippen LogP contribution < -0.4 is 0 Å².